The summed E-state index contributed by atoms with van der Waals surface area (Å²) >= 11 is 0. The summed E-state index contributed by atoms with van der Waals surface area (Å²) in [6, 6.07) is -0.0509. The van der Waals surface area contributed by atoms with Gasteiger partial charge in [-0.25, -0.2) is 4.79 Å². The van der Waals surface area contributed by atoms with Gasteiger partial charge in [0, 0.05) is 58.4 Å². The molecule has 2 aliphatic heterocycles. The molecule has 0 spiro atoms. The fourth-order valence-electron chi connectivity index (χ4n) is 1.93. The number of Topliss-reactive ketones (excluding diaryl/α,β-unsaturated/α-hetero) is 2. The van der Waals surface area contributed by atoms with Gasteiger partial charge >= 0.3 is 6.03 Å². The van der Waals surface area contributed by atoms with Gasteiger partial charge < -0.3 is 15.5 Å². The zero-order valence-electron chi connectivity index (χ0n) is 11.5. The summed E-state index contributed by atoms with van der Waals surface area (Å²) in [4.78, 5) is 34.1. The summed E-state index contributed by atoms with van der Waals surface area (Å²) in [6.07, 6.45) is 2.49. The molecule has 0 aliphatic carbocycles. The third kappa shape index (κ3) is 6.33. The molecule has 0 radical (unpaired) electrons. The molecule has 19 heavy (non-hydrogen) atoms. The fraction of sp³-hybridized carbons (Fsp3) is 0.769. The maximum atomic E-state index is 11.2. The van der Waals surface area contributed by atoms with E-state index < -0.39 is 0 Å². The van der Waals surface area contributed by atoms with Gasteiger partial charge in [0.1, 0.15) is 11.6 Å². The van der Waals surface area contributed by atoms with Crippen molar-refractivity contribution in [3.63, 3.8) is 0 Å². The molecule has 0 bridgehead atoms. The zero-order valence-corrected chi connectivity index (χ0v) is 11.5. The van der Waals surface area contributed by atoms with Crippen LogP contribution >= 0.6 is 0 Å². The van der Waals surface area contributed by atoms with Crippen LogP contribution in [-0.2, 0) is 9.59 Å². The lowest BCUT2D eigenvalue weighted by molar-refractivity contribution is -0.121. The van der Waals surface area contributed by atoms with Crippen molar-refractivity contribution in [3.8, 4) is 0 Å². The van der Waals surface area contributed by atoms with E-state index in [0.717, 1.165) is 25.9 Å². The molecule has 6 nitrogen and oxygen atoms in total. The molecular weight excluding hydrogens is 246 g/mol. The quantitative estimate of drug-likeness (QED) is 0.718. The molecule has 2 rings (SSSR count). The molecule has 2 saturated heterocycles. The number of carbonyl (C=O) groups excluding carboxylic acids is 3. The van der Waals surface area contributed by atoms with Gasteiger partial charge in [0.15, 0.2) is 0 Å². The number of amides is 2. The highest BCUT2D eigenvalue weighted by molar-refractivity contribution is 5.82. The molecule has 0 atom stereocenters. The highest BCUT2D eigenvalue weighted by atomic mass is 16.2. The van der Waals surface area contributed by atoms with Gasteiger partial charge in [-0.15, -0.1) is 0 Å². The predicted molar refractivity (Wildman–Crippen MR) is 72.0 cm³/mol. The lowest BCUT2D eigenvalue weighted by Crippen LogP contribution is -2.44. The first-order chi connectivity index (χ1) is 9.13. The molecule has 2 N–H and O–H groups in total. The van der Waals surface area contributed by atoms with Crippen LogP contribution in [0.5, 0.6) is 0 Å². The monoisotopic (exact) mass is 269 g/mol. The number of likely N-dealkylation sites (tertiary alicyclic amines) is 1. The smallest absolute Gasteiger partial charge is 0.317 e. The van der Waals surface area contributed by atoms with Crippen molar-refractivity contribution in [1.29, 1.82) is 0 Å². The molecule has 2 amide bonds. The van der Waals surface area contributed by atoms with Crippen molar-refractivity contribution < 1.29 is 14.4 Å². The standard InChI is InChI=1S/C8H14N2O2.C5H9NO/c1-2-9-8(12)10-5-3-7(11)4-6-10;7-5-1-3-6-4-2-5/h2-6H2,1H3,(H,9,12);6H,1-4H2. The third-order valence-electron chi connectivity index (χ3n) is 3.10. The number of urea groups is 1. The van der Waals surface area contributed by atoms with Gasteiger partial charge in [-0.1, -0.05) is 0 Å². The predicted octanol–water partition coefficient (Wildman–Crippen LogP) is 0.320. The summed E-state index contributed by atoms with van der Waals surface area (Å²) in [5.41, 5.74) is 0. The Bertz CT molecular complexity index is 313. The lowest BCUT2D eigenvalue weighted by Gasteiger charge is -2.25. The lowest BCUT2D eigenvalue weighted by atomic mass is 10.1. The van der Waals surface area contributed by atoms with E-state index in [1.165, 1.54) is 0 Å². The van der Waals surface area contributed by atoms with Gasteiger partial charge in [0.05, 0.1) is 0 Å². The van der Waals surface area contributed by atoms with Crippen molar-refractivity contribution in [2.45, 2.75) is 32.6 Å². The third-order valence-corrected chi connectivity index (χ3v) is 3.10. The Morgan fingerprint density at radius 3 is 2.05 bits per heavy atom. The van der Waals surface area contributed by atoms with Crippen molar-refractivity contribution in [2.24, 2.45) is 0 Å². The first-order valence-corrected chi connectivity index (χ1v) is 6.90. The van der Waals surface area contributed by atoms with Crippen molar-refractivity contribution >= 4 is 17.6 Å². The Labute approximate surface area is 113 Å². The average Bonchev–Trinajstić information content (AvgIpc) is 2.41. The molecular formula is C13H23N3O3. The second-order valence-electron chi connectivity index (χ2n) is 4.65. The topological polar surface area (TPSA) is 78.5 Å². The van der Waals surface area contributed by atoms with Gasteiger partial charge in [-0.05, 0) is 6.92 Å². The van der Waals surface area contributed by atoms with E-state index in [0.29, 0.717) is 38.3 Å². The number of nitrogens with zero attached hydrogens (tertiary/aromatic N) is 1. The van der Waals surface area contributed by atoms with E-state index in [2.05, 4.69) is 10.6 Å². The maximum Gasteiger partial charge on any atom is 0.317 e. The first kappa shape index (κ1) is 15.6. The molecule has 2 fully saturated rings. The van der Waals surface area contributed by atoms with Crippen molar-refractivity contribution in [2.75, 3.05) is 32.7 Å². The van der Waals surface area contributed by atoms with Crippen LogP contribution in [0.3, 0.4) is 0 Å². The summed E-state index contributed by atoms with van der Waals surface area (Å²) in [5.74, 6) is 0.661. The average molecular weight is 269 g/mol. The fourth-order valence-corrected chi connectivity index (χ4v) is 1.93. The zero-order chi connectivity index (χ0) is 14.1. The van der Waals surface area contributed by atoms with Crippen LogP contribution in [0.4, 0.5) is 4.79 Å². The number of ketones is 2. The first-order valence-electron chi connectivity index (χ1n) is 6.90. The largest absolute Gasteiger partial charge is 0.338 e. The van der Waals surface area contributed by atoms with E-state index >= 15 is 0 Å². The van der Waals surface area contributed by atoms with Crippen LogP contribution in [0.25, 0.3) is 0 Å². The molecule has 2 heterocycles. The van der Waals surface area contributed by atoms with Crippen molar-refractivity contribution in [3.05, 3.63) is 0 Å². The minimum absolute atomic E-state index is 0.0509. The van der Waals surface area contributed by atoms with Gasteiger partial charge in [0.25, 0.3) is 0 Å². The number of nitrogens with one attached hydrogen (secondary N) is 2. The number of carbonyl (C=O) groups is 3. The highest BCUT2D eigenvalue weighted by Gasteiger charge is 2.19. The Morgan fingerprint density at radius 1 is 1.11 bits per heavy atom. The van der Waals surface area contributed by atoms with Crippen LogP contribution in [0.1, 0.15) is 32.6 Å². The number of piperidine rings is 2. The number of hydrogen-bond acceptors (Lipinski definition) is 4. The summed E-state index contributed by atoms with van der Waals surface area (Å²) in [5, 5.41) is 5.80. The SMILES string of the molecule is CCNC(=O)N1CCC(=O)CC1.O=C1CCNCC1. The molecule has 0 aromatic carbocycles. The molecule has 2 aliphatic rings. The molecule has 6 heteroatoms. The highest BCUT2D eigenvalue weighted by Crippen LogP contribution is 2.04. The minimum atomic E-state index is -0.0509. The molecule has 108 valence electrons. The Hall–Kier alpha value is -1.43. The second kappa shape index (κ2) is 8.63. The van der Waals surface area contributed by atoms with E-state index in [4.69, 9.17) is 0 Å². The Kier molecular flexibility index (Phi) is 7.10. The Balaban J connectivity index is 0.000000218. The minimum Gasteiger partial charge on any atom is -0.338 e. The van der Waals surface area contributed by atoms with Gasteiger partial charge in [-0.2, -0.15) is 0 Å². The number of rotatable bonds is 1. The van der Waals surface area contributed by atoms with Crippen LogP contribution in [-0.4, -0.2) is 55.2 Å². The van der Waals surface area contributed by atoms with E-state index in [-0.39, 0.29) is 11.8 Å². The van der Waals surface area contributed by atoms with Crippen LogP contribution in [0.2, 0.25) is 0 Å². The second-order valence-corrected chi connectivity index (χ2v) is 4.65. The van der Waals surface area contributed by atoms with E-state index in [9.17, 15) is 14.4 Å². The van der Waals surface area contributed by atoms with E-state index in [1.54, 1.807) is 4.90 Å². The Morgan fingerprint density at radius 2 is 1.63 bits per heavy atom. The van der Waals surface area contributed by atoms with Crippen molar-refractivity contribution in [1.82, 2.24) is 15.5 Å². The summed E-state index contributed by atoms with van der Waals surface area (Å²) in [7, 11) is 0. The van der Waals surface area contributed by atoms with Crippen LogP contribution in [0.15, 0.2) is 0 Å². The van der Waals surface area contributed by atoms with Gasteiger partial charge in [0.2, 0.25) is 0 Å². The maximum absolute atomic E-state index is 11.2. The molecule has 0 saturated carbocycles. The molecule has 0 unspecified atom stereocenters. The molecule has 0 aromatic heterocycles. The van der Waals surface area contributed by atoms with Crippen LogP contribution < -0.4 is 10.6 Å². The molecule has 0 aromatic rings. The normalized spacial score (nSPS) is 19.5. The summed E-state index contributed by atoms with van der Waals surface area (Å²) in [6.45, 7) is 5.45. The summed E-state index contributed by atoms with van der Waals surface area (Å²) < 4.78 is 0. The van der Waals surface area contributed by atoms with Gasteiger partial charge in [-0.3, -0.25) is 9.59 Å². The number of hydrogen-bond donors (Lipinski definition) is 2. The van der Waals surface area contributed by atoms with Crippen LogP contribution in [0, 0.1) is 0 Å². The van der Waals surface area contributed by atoms with E-state index in [1.807, 2.05) is 6.92 Å².